The first-order chi connectivity index (χ1) is 22.2. The number of aliphatic hydroxyl groups excluding tert-OH is 1. The van der Waals surface area contributed by atoms with Gasteiger partial charge in [-0.15, -0.1) is 0 Å². The molecule has 4 N–H and O–H groups in total. The number of nitrogens with one attached hydrogen (secondary N) is 3. The van der Waals surface area contributed by atoms with Gasteiger partial charge >= 0.3 is 12.0 Å². The average molecular weight is 653 g/mol. The van der Waals surface area contributed by atoms with Crippen LogP contribution < -0.4 is 35.0 Å². The van der Waals surface area contributed by atoms with Gasteiger partial charge in [-0.3, -0.25) is 5.43 Å². The number of amides is 2. The van der Waals surface area contributed by atoms with E-state index < -0.39 is 24.3 Å². The van der Waals surface area contributed by atoms with Gasteiger partial charge in [0.1, 0.15) is 13.2 Å². The van der Waals surface area contributed by atoms with E-state index in [-0.39, 0.29) is 12.2 Å². The number of aliphatic hydroxyl groups is 1. The van der Waals surface area contributed by atoms with Crippen LogP contribution >= 0.6 is 11.6 Å². The number of urea groups is 1. The van der Waals surface area contributed by atoms with Crippen molar-refractivity contribution in [2.45, 2.75) is 39.6 Å². The lowest BCUT2D eigenvalue weighted by Gasteiger charge is -2.28. The van der Waals surface area contributed by atoms with Crippen LogP contribution in [0, 0.1) is 0 Å². The van der Waals surface area contributed by atoms with Crippen LogP contribution in [-0.2, 0) is 16.1 Å². The number of nitrogens with zero attached hydrogens (tertiary/aromatic N) is 1. The molecular formula is C33H37ClN4O8. The van der Waals surface area contributed by atoms with E-state index in [1.54, 1.807) is 43.3 Å². The predicted molar refractivity (Wildman–Crippen MR) is 172 cm³/mol. The summed E-state index contributed by atoms with van der Waals surface area (Å²) in [6.45, 7) is 6.27. The fraction of sp³-hybridized carbons (Fsp3) is 0.303. The molecule has 1 heterocycles. The van der Waals surface area contributed by atoms with Crippen molar-refractivity contribution in [3.05, 3.63) is 93.6 Å². The Morgan fingerprint density at radius 1 is 1.00 bits per heavy atom. The highest BCUT2D eigenvalue weighted by molar-refractivity contribution is 6.30. The summed E-state index contributed by atoms with van der Waals surface area (Å²) < 4.78 is 28.2. The van der Waals surface area contributed by atoms with Gasteiger partial charge in [-0.2, -0.15) is 5.10 Å². The van der Waals surface area contributed by atoms with Crippen molar-refractivity contribution < 1.29 is 38.4 Å². The minimum atomic E-state index is -1.16. The number of esters is 1. The lowest BCUT2D eigenvalue weighted by Crippen LogP contribution is -2.45. The molecule has 4 rings (SSSR count). The van der Waals surface area contributed by atoms with Crippen molar-refractivity contribution in [2.75, 3.05) is 26.9 Å². The Bertz CT molecular complexity index is 1600. The Labute approximate surface area is 272 Å². The number of methoxy groups -OCH3 is 1. The predicted octanol–water partition coefficient (Wildman–Crippen LogP) is 4.84. The monoisotopic (exact) mass is 652 g/mol. The van der Waals surface area contributed by atoms with Crippen LogP contribution in [0.5, 0.6) is 23.0 Å². The second kappa shape index (κ2) is 16.4. The summed E-state index contributed by atoms with van der Waals surface area (Å²) in [6, 6.07) is 16.6. The maximum Gasteiger partial charge on any atom is 0.337 e. The number of hydrogen-bond donors (Lipinski definition) is 4. The van der Waals surface area contributed by atoms with Gasteiger partial charge < -0.3 is 39.4 Å². The lowest BCUT2D eigenvalue weighted by atomic mass is 9.95. The molecule has 1 aliphatic heterocycles. The van der Waals surface area contributed by atoms with Crippen molar-refractivity contribution in [3.8, 4) is 23.0 Å². The highest BCUT2D eigenvalue weighted by Crippen LogP contribution is 2.35. The van der Waals surface area contributed by atoms with E-state index in [9.17, 15) is 14.7 Å². The summed E-state index contributed by atoms with van der Waals surface area (Å²) >= 11 is 6.07. The molecule has 2 atom stereocenters. The molecule has 1 aliphatic rings. The van der Waals surface area contributed by atoms with Gasteiger partial charge in [-0.05, 0) is 79.9 Å². The number of allylic oxidation sites excluding steroid dienone is 1. The maximum absolute atomic E-state index is 12.5. The normalized spacial score (nSPS) is 15.1. The molecular weight excluding hydrogens is 616 g/mol. The van der Waals surface area contributed by atoms with Gasteiger partial charge in [0, 0.05) is 10.7 Å². The van der Waals surface area contributed by atoms with E-state index in [4.69, 9.17) is 35.3 Å². The molecule has 46 heavy (non-hydrogen) atoms. The van der Waals surface area contributed by atoms with Gasteiger partial charge in [0.2, 0.25) is 0 Å². The minimum absolute atomic E-state index is 0.159. The summed E-state index contributed by atoms with van der Waals surface area (Å²) in [5.74, 6) is 1.27. The molecule has 0 aromatic heterocycles. The highest BCUT2D eigenvalue weighted by Gasteiger charge is 2.32. The molecule has 2 amide bonds. The van der Waals surface area contributed by atoms with Crippen LogP contribution in [-0.4, -0.2) is 56.5 Å². The third-order valence-corrected chi connectivity index (χ3v) is 6.90. The number of carbonyl (C=O) groups is 2. The van der Waals surface area contributed by atoms with Gasteiger partial charge in [0.15, 0.2) is 29.2 Å². The van der Waals surface area contributed by atoms with Crippen LogP contribution in [0.2, 0.25) is 5.02 Å². The smallest absolute Gasteiger partial charge is 0.337 e. The number of ether oxygens (including phenoxy) is 5. The molecule has 0 radical (unpaired) electrons. The van der Waals surface area contributed by atoms with Gasteiger partial charge in [0.25, 0.3) is 0 Å². The number of benzene rings is 3. The second-order valence-corrected chi connectivity index (χ2v) is 10.4. The van der Waals surface area contributed by atoms with Crippen LogP contribution in [0.3, 0.4) is 0 Å². The van der Waals surface area contributed by atoms with Crippen molar-refractivity contribution in [1.82, 2.24) is 16.1 Å². The van der Waals surface area contributed by atoms with Crippen LogP contribution in [0.4, 0.5) is 4.79 Å². The molecule has 3 aromatic carbocycles. The Morgan fingerprint density at radius 2 is 1.72 bits per heavy atom. The van der Waals surface area contributed by atoms with E-state index >= 15 is 0 Å². The van der Waals surface area contributed by atoms with Crippen molar-refractivity contribution >= 4 is 29.8 Å². The third-order valence-electron chi connectivity index (χ3n) is 6.66. The quantitative estimate of drug-likeness (QED) is 0.0783. The summed E-state index contributed by atoms with van der Waals surface area (Å²) in [6.07, 6.45) is 0.381. The summed E-state index contributed by atoms with van der Waals surface area (Å²) in [7, 11) is 1.27. The third kappa shape index (κ3) is 9.05. The van der Waals surface area contributed by atoms with Crippen LogP contribution in [0.15, 0.2) is 77.0 Å². The van der Waals surface area contributed by atoms with E-state index in [2.05, 4.69) is 21.2 Å². The number of halogens is 1. The molecule has 3 aromatic rings. The van der Waals surface area contributed by atoms with E-state index in [0.717, 1.165) is 5.56 Å². The lowest BCUT2D eigenvalue weighted by molar-refractivity contribution is -0.136. The Morgan fingerprint density at radius 3 is 2.43 bits per heavy atom. The summed E-state index contributed by atoms with van der Waals surface area (Å²) in [4.78, 5) is 24.6. The fourth-order valence-corrected chi connectivity index (χ4v) is 4.81. The maximum atomic E-state index is 12.5. The van der Waals surface area contributed by atoms with Crippen LogP contribution in [0.1, 0.15) is 43.5 Å². The first-order valence-corrected chi connectivity index (χ1v) is 15.0. The van der Waals surface area contributed by atoms with E-state index in [1.807, 2.05) is 38.1 Å². The zero-order chi connectivity index (χ0) is 33.1. The highest BCUT2D eigenvalue weighted by atomic mass is 35.5. The average Bonchev–Trinajstić information content (AvgIpc) is 3.03. The standard InChI is InChI=1S/C33H37ClN4O8/c1-5-43-27-15-21(10-12-25(27)45-18-22-8-7-9-24(34)14-22)17-35-38-29(39)19-46-26-13-11-23(16-28(26)44-6-2)31-30(32(40)42-4)20(3)36-33(41)37-31/h7-17,29,31,38-39H,5-6,18-19H2,1-4H3,(H2,36,37,41)/b35-17+/t29-,31+/m1/s1. The molecule has 0 saturated carbocycles. The second-order valence-electron chi connectivity index (χ2n) is 9.97. The summed E-state index contributed by atoms with van der Waals surface area (Å²) in [5.41, 5.74) is 5.52. The van der Waals surface area contributed by atoms with E-state index in [0.29, 0.717) is 64.7 Å². The summed E-state index contributed by atoms with van der Waals surface area (Å²) in [5, 5.41) is 20.6. The van der Waals surface area contributed by atoms with Gasteiger partial charge in [0.05, 0.1) is 38.2 Å². The zero-order valence-corrected chi connectivity index (χ0v) is 26.7. The Hall–Kier alpha value is -4.94. The van der Waals surface area contributed by atoms with E-state index in [1.165, 1.54) is 13.3 Å². The molecule has 0 saturated heterocycles. The number of hydrogen-bond acceptors (Lipinski definition) is 10. The molecule has 0 aliphatic carbocycles. The molecule has 0 fully saturated rings. The van der Waals surface area contributed by atoms with Crippen molar-refractivity contribution in [1.29, 1.82) is 0 Å². The van der Waals surface area contributed by atoms with Crippen molar-refractivity contribution in [3.63, 3.8) is 0 Å². The zero-order valence-electron chi connectivity index (χ0n) is 26.0. The first-order valence-electron chi connectivity index (χ1n) is 14.6. The fourth-order valence-electron chi connectivity index (χ4n) is 4.60. The number of hydrazone groups is 1. The molecule has 244 valence electrons. The van der Waals surface area contributed by atoms with Crippen LogP contribution in [0.25, 0.3) is 0 Å². The SMILES string of the molecule is CCOc1cc(/C=N/N[C@H](O)COc2ccc([C@@H]3NC(=O)NC(C)=C3C(=O)OC)cc2OCC)ccc1OCc1cccc(Cl)c1. The largest absolute Gasteiger partial charge is 0.490 e. The molecule has 12 nitrogen and oxygen atoms in total. The molecule has 0 bridgehead atoms. The first kappa shape index (κ1) is 33.9. The number of rotatable bonds is 15. The van der Waals surface area contributed by atoms with Gasteiger partial charge in [-0.1, -0.05) is 29.8 Å². The van der Waals surface area contributed by atoms with Gasteiger partial charge in [-0.25, -0.2) is 9.59 Å². The molecule has 0 spiro atoms. The minimum Gasteiger partial charge on any atom is -0.490 e. The molecule has 13 heteroatoms. The topological polar surface area (TPSA) is 149 Å². The molecule has 0 unspecified atom stereocenters. The number of carbonyl (C=O) groups excluding carboxylic acids is 2. The van der Waals surface area contributed by atoms with Crippen molar-refractivity contribution in [2.24, 2.45) is 5.10 Å². The Balaban J connectivity index is 1.37. The Kier molecular flexibility index (Phi) is 12.1.